The lowest BCUT2D eigenvalue weighted by molar-refractivity contribution is -0.384. The second kappa shape index (κ2) is 8.26. The topological polar surface area (TPSA) is 89.8 Å². The summed E-state index contributed by atoms with van der Waals surface area (Å²) in [5.74, 6) is 0.315. The molecule has 2 aromatic carbocycles. The molecule has 1 fully saturated rings. The Bertz CT molecular complexity index is 953. The minimum absolute atomic E-state index is 0.00907. The van der Waals surface area contributed by atoms with Crippen LogP contribution in [-0.2, 0) is 11.3 Å². The zero-order valence-corrected chi connectivity index (χ0v) is 16.1. The maximum Gasteiger partial charge on any atom is 0.293 e. The molecule has 0 aliphatic carbocycles. The van der Waals surface area contributed by atoms with Gasteiger partial charge in [-0.1, -0.05) is 24.3 Å². The van der Waals surface area contributed by atoms with E-state index in [2.05, 4.69) is 0 Å². The Hall–Kier alpha value is -3.13. The standard InChI is InChI=1S/C20H18N2O5S/c1-13(2)27-17-8-6-14(7-9-17)11-18-19(23)21(20(24)28-18)12-15-4-3-5-16(10-15)22(25)26/h3-11,13H,12H2,1-2H3/b18-11+. The largest absolute Gasteiger partial charge is 0.491 e. The third kappa shape index (κ3) is 4.58. The summed E-state index contributed by atoms with van der Waals surface area (Å²) in [5.41, 5.74) is 1.22. The molecular weight excluding hydrogens is 380 g/mol. The van der Waals surface area contributed by atoms with Crippen LogP contribution >= 0.6 is 11.8 Å². The number of imide groups is 1. The third-order valence-corrected chi connectivity index (χ3v) is 4.79. The number of benzene rings is 2. The van der Waals surface area contributed by atoms with Gasteiger partial charge in [-0.25, -0.2) is 0 Å². The van der Waals surface area contributed by atoms with Crippen LogP contribution in [-0.4, -0.2) is 27.1 Å². The molecule has 144 valence electrons. The zero-order chi connectivity index (χ0) is 20.3. The highest BCUT2D eigenvalue weighted by atomic mass is 32.2. The van der Waals surface area contributed by atoms with Gasteiger partial charge in [0.1, 0.15) is 5.75 Å². The zero-order valence-electron chi connectivity index (χ0n) is 15.3. The minimum Gasteiger partial charge on any atom is -0.491 e. The predicted molar refractivity (Wildman–Crippen MR) is 107 cm³/mol. The molecule has 1 heterocycles. The van der Waals surface area contributed by atoms with Crippen LogP contribution in [0.15, 0.2) is 53.4 Å². The van der Waals surface area contributed by atoms with Crippen molar-refractivity contribution in [1.82, 2.24) is 4.90 Å². The highest BCUT2D eigenvalue weighted by Gasteiger charge is 2.35. The van der Waals surface area contributed by atoms with Crippen molar-refractivity contribution >= 4 is 34.7 Å². The van der Waals surface area contributed by atoms with Gasteiger partial charge in [0.15, 0.2) is 0 Å². The van der Waals surface area contributed by atoms with Crippen molar-refractivity contribution in [3.63, 3.8) is 0 Å². The molecule has 2 amide bonds. The van der Waals surface area contributed by atoms with Crippen molar-refractivity contribution in [2.24, 2.45) is 0 Å². The molecular formula is C20H18N2O5S. The number of rotatable bonds is 6. The fourth-order valence-electron chi connectivity index (χ4n) is 2.65. The third-order valence-electron chi connectivity index (χ3n) is 3.89. The molecule has 0 spiro atoms. The number of ether oxygens (including phenoxy) is 1. The smallest absolute Gasteiger partial charge is 0.293 e. The number of hydrogen-bond acceptors (Lipinski definition) is 6. The first-order chi connectivity index (χ1) is 13.3. The van der Waals surface area contributed by atoms with E-state index in [1.165, 1.54) is 18.2 Å². The van der Waals surface area contributed by atoms with Gasteiger partial charge in [-0.2, -0.15) is 0 Å². The molecule has 0 atom stereocenters. The summed E-state index contributed by atoms with van der Waals surface area (Å²) in [6.45, 7) is 3.86. The molecule has 7 nitrogen and oxygen atoms in total. The van der Waals surface area contributed by atoms with Crippen molar-refractivity contribution in [3.05, 3.63) is 74.7 Å². The summed E-state index contributed by atoms with van der Waals surface area (Å²) in [6.07, 6.45) is 1.72. The van der Waals surface area contributed by atoms with Crippen LogP contribution in [0.25, 0.3) is 6.08 Å². The summed E-state index contributed by atoms with van der Waals surface area (Å²) in [4.78, 5) is 36.7. The summed E-state index contributed by atoms with van der Waals surface area (Å²) in [7, 11) is 0. The van der Waals surface area contributed by atoms with Crippen molar-refractivity contribution in [3.8, 4) is 5.75 Å². The highest BCUT2D eigenvalue weighted by molar-refractivity contribution is 8.18. The van der Waals surface area contributed by atoms with Gasteiger partial charge in [0.05, 0.1) is 22.5 Å². The Labute approximate surface area is 166 Å². The van der Waals surface area contributed by atoms with E-state index in [0.29, 0.717) is 10.5 Å². The van der Waals surface area contributed by atoms with Gasteiger partial charge in [0, 0.05) is 12.1 Å². The molecule has 1 aliphatic heterocycles. The fraction of sp³-hybridized carbons (Fsp3) is 0.200. The molecule has 0 saturated carbocycles. The Morgan fingerprint density at radius 3 is 2.54 bits per heavy atom. The SMILES string of the molecule is CC(C)Oc1ccc(/C=C2/SC(=O)N(Cc3cccc([N+](=O)[O-])c3)C2=O)cc1. The molecule has 3 rings (SSSR count). The molecule has 0 aromatic heterocycles. The number of carbonyl (C=O) groups excluding carboxylic acids is 2. The Kier molecular flexibility index (Phi) is 5.79. The number of carbonyl (C=O) groups is 2. The lowest BCUT2D eigenvalue weighted by Gasteiger charge is -2.12. The first-order valence-corrected chi connectivity index (χ1v) is 9.40. The molecule has 8 heteroatoms. The van der Waals surface area contributed by atoms with Crippen molar-refractivity contribution in [1.29, 1.82) is 0 Å². The average molecular weight is 398 g/mol. The van der Waals surface area contributed by atoms with Crippen LogP contribution < -0.4 is 4.74 Å². The van der Waals surface area contributed by atoms with Gasteiger partial charge in [0.25, 0.3) is 16.8 Å². The van der Waals surface area contributed by atoms with E-state index in [9.17, 15) is 19.7 Å². The lowest BCUT2D eigenvalue weighted by atomic mass is 10.2. The maximum atomic E-state index is 12.6. The van der Waals surface area contributed by atoms with Gasteiger partial charge in [-0.05, 0) is 54.9 Å². The molecule has 0 bridgehead atoms. The maximum absolute atomic E-state index is 12.6. The number of nitro groups is 1. The summed E-state index contributed by atoms with van der Waals surface area (Å²) in [6, 6.07) is 13.1. The number of nitrogens with zero attached hydrogens (tertiary/aromatic N) is 2. The van der Waals surface area contributed by atoms with Gasteiger partial charge in [-0.3, -0.25) is 24.6 Å². The van der Waals surface area contributed by atoms with Crippen LogP contribution in [0.1, 0.15) is 25.0 Å². The monoisotopic (exact) mass is 398 g/mol. The number of non-ortho nitro benzene ring substituents is 1. The van der Waals surface area contributed by atoms with Crippen LogP contribution in [0.4, 0.5) is 10.5 Å². The van der Waals surface area contributed by atoms with E-state index in [4.69, 9.17) is 4.74 Å². The Morgan fingerprint density at radius 1 is 1.18 bits per heavy atom. The van der Waals surface area contributed by atoms with E-state index >= 15 is 0 Å². The van der Waals surface area contributed by atoms with Crippen molar-refractivity contribution < 1.29 is 19.2 Å². The van der Waals surface area contributed by atoms with E-state index < -0.39 is 16.1 Å². The van der Waals surface area contributed by atoms with Crippen LogP contribution in [0.5, 0.6) is 5.75 Å². The van der Waals surface area contributed by atoms with Gasteiger partial charge < -0.3 is 4.74 Å². The minimum atomic E-state index is -0.510. The fourth-order valence-corrected chi connectivity index (χ4v) is 3.49. The lowest BCUT2D eigenvalue weighted by Crippen LogP contribution is -2.27. The normalized spacial score (nSPS) is 15.5. The van der Waals surface area contributed by atoms with Crippen molar-refractivity contribution in [2.75, 3.05) is 0 Å². The second-order valence-corrected chi connectivity index (χ2v) is 7.42. The molecule has 0 unspecified atom stereocenters. The van der Waals surface area contributed by atoms with Crippen LogP contribution in [0, 0.1) is 10.1 Å². The van der Waals surface area contributed by atoms with Crippen LogP contribution in [0.2, 0.25) is 0 Å². The van der Waals surface area contributed by atoms with Gasteiger partial charge >= 0.3 is 0 Å². The molecule has 1 saturated heterocycles. The summed E-state index contributed by atoms with van der Waals surface area (Å²) < 4.78 is 5.58. The Morgan fingerprint density at radius 2 is 1.89 bits per heavy atom. The quantitative estimate of drug-likeness (QED) is 0.401. The molecule has 0 N–H and O–H groups in total. The summed E-state index contributed by atoms with van der Waals surface area (Å²) >= 11 is 0.855. The van der Waals surface area contributed by atoms with E-state index in [-0.39, 0.29) is 18.3 Å². The molecule has 0 radical (unpaired) electrons. The predicted octanol–water partition coefficient (Wildman–Crippen LogP) is 4.62. The van der Waals surface area contributed by atoms with E-state index in [1.807, 2.05) is 26.0 Å². The van der Waals surface area contributed by atoms with E-state index in [0.717, 1.165) is 28.0 Å². The number of amides is 2. The first-order valence-electron chi connectivity index (χ1n) is 8.59. The number of hydrogen-bond donors (Lipinski definition) is 0. The molecule has 28 heavy (non-hydrogen) atoms. The van der Waals surface area contributed by atoms with Crippen molar-refractivity contribution in [2.45, 2.75) is 26.5 Å². The molecule has 1 aliphatic rings. The molecule has 2 aromatic rings. The second-order valence-electron chi connectivity index (χ2n) is 6.43. The van der Waals surface area contributed by atoms with Gasteiger partial charge in [0.2, 0.25) is 0 Å². The van der Waals surface area contributed by atoms with Gasteiger partial charge in [-0.15, -0.1) is 0 Å². The number of thioether (sulfide) groups is 1. The highest BCUT2D eigenvalue weighted by Crippen LogP contribution is 2.33. The first kappa shape index (κ1) is 19.6. The summed E-state index contributed by atoms with van der Waals surface area (Å²) in [5, 5.41) is 10.5. The van der Waals surface area contributed by atoms with E-state index in [1.54, 1.807) is 24.3 Å². The van der Waals surface area contributed by atoms with Crippen LogP contribution in [0.3, 0.4) is 0 Å². The number of nitro benzene ring substituents is 1. The Balaban J connectivity index is 1.75. The average Bonchev–Trinajstić information content (AvgIpc) is 2.90.